The third-order valence-electron chi connectivity index (χ3n) is 3.47. The van der Waals surface area contributed by atoms with Crippen molar-refractivity contribution < 1.29 is 9.18 Å². The average molecular weight is 482 g/mol. The molecular weight excluding hydrogens is 473 g/mol. The van der Waals surface area contributed by atoms with Gasteiger partial charge in [-0.25, -0.2) is 14.1 Å². The highest BCUT2D eigenvalue weighted by molar-refractivity contribution is 9.11. The minimum atomic E-state index is -0.380. The van der Waals surface area contributed by atoms with Crippen molar-refractivity contribution in [2.75, 3.05) is 11.1 Å². The monoisotopic (exact) mass is 481 g/mol. The van der Waals surface area contributed by atoms with Crippen molar-refractivity contribution in [3.63, 3.8) is 0 Å². The Balaban J connectivity index is 1.56. The number of rotatable bonds is 5. The third kappa shape index (κ3) is 3.95. The number of hydrogen-bond acceptors (Lipinski definition) is 8. The molecular formula is C15H9BrFN7O2S2. The first-order valence-corrected chi connectivity index (χ1v) is 10.2. The summed E-state index contributed by atoms with van der Waals surface area (Å²) < 4.78 is 15.1. The fourth-order valence-corrected chi connectivity index (χ4v) is 3.97. The molecule has 0 fully saturated rings. The van der Waals surface area contributed by atoms with E-state index in [-0.39, 0.29) is 33.6 Å². The van der Waals surface area contributed by atoms with Gasteiger partial charge in [-0.05, 0) is 40.2 Å². The summed E-state index contributed by atoms with van der Waals surface area (Å²) in [7, 11) is 0. The molecule has 4 rings (SSSR count). The van der Waals surface area contributed by atoms with E-state index >= 15 is 0 Å². The zero-order valence-electron chi connectivity index (χ0n) is 13.7. The van der Waals surface area contributed by atoms with E-state index < -0.39 is 0 Å². The third-order valence-corrected chi connectivity index (χ3v) is 5.62. The van der Waals surface area contributed by atoms with Gasteiger partial charge >= 0.3 is 0 Å². The molecule has 0 bridgehead atoms. The van der Waals surface area contributed by atoms with Gasteiger partial charge < -0.3 is 4.98 Å². The van der Waals surface area contributed by atoms with E-state index in [1.165, 1.54) is 46.5 Å². The molecule has 0 saturated carbocycles. The van der Waals surface area contributed by atoms with Gasteiger partial charge in [-0.3, -0.25) is 14.9 Å². The van der Waals surface area contributed by atoms with Crippen LogP contribution in [0.15, 0.2) is 44.3 Å². The molecule has 0 atom stereocenters. The molecule has 0 aliphatic rings. The standard InChI is InChI=1S/C15H9BrFN7O2S2/c16-13-22-23-15(28-13)19-10(25)6-27-14-20-11-9(12(26)21-14)5-18-24(11)8-3-1-7(17)2-4-8/h1-5H,6H2,(H,19,23,25)(H,20,21,26). The smallest absolute Gasteiger partial charge is 0.262 e. The van der Waals surface area contributed by atoms with Gasteiger partial charge in [0.05, 0.1) is 17.6 Å². The van der Waals surface area contributed by atoms with Crippen LogP contribution < -0.4 is 10.9 Å². The number of H-pyrrole nitrogens is 1. The second-order valence-electron chi connectivity index (χ2n) is 5.34. The van der Waals surface area contributed by atoms with Crippen LogP contribution >= 0.6 is 39.0 Å². The first-order valence-electron chi connectivity index (χ1n) is 7.65. The molecule has 2 N–H and O–H groups in total. The van der Waals surface area contributed by atoms with E-state index in [4.69, 9.17) is 0 Å². The summed E-state index contributed by atoms with van der Waals surface area (Å²) in [6.07, 6.45) is 1.39. The normalized spacial score (nSPS) is 11.1. The molecule has 13 heteroatoms. The Hall–Kier alpha value is -2.64. The maximum Gasteiger partial charge on any atom is 0.262 e. The molecule has 0 radical (unpaired) electrons. The average Bonchev–Trinajstić information content (AvgIpc) is 3.27. The van der Waals surface area contributed by atoms with Crippen LogP contribution in [-0.4, -0.2) is 41.6 Å². The Morgan fingerprint density at radius 1 is 1.32 bits per heavy atom. The second kappa shape index (κ2) is 7.77. The molecule has 0 spiro atoms. The maximum atomic E-state index is 13.2. The number of anilines is 1. The largest absolute Gasteiger partial charge is 0.301 e. The molecule has 9 nitrogen and oxygen atoms in total. The lowest BCUT2D eigenvalue weighted by molar-refractivity contribution is -0.113. The Bertz CT molecular complexity index is 1220. The van der Waals surface area contributed by atoms with E-state index in [9.17, 15) is 14.0 Å². The fourth-order valence-electron chi connectivity index (χ4n) is 2.28. The Kier molecular flexibility index (Phi) is 5.19. The number of amides is 1. The lowest BCUT2D eigenvalue weighted by Gasteiger charge is -2.04. The number of hydrogen-bond donors (Lipinski definition) is 2. The zero-order chi connectivity index (χ0) is 19.7. The molecule has 1 aromatic carbocycles. The number of nitrogens with one attached hydrogen (secondary N) is 2. The number of aromatic nitrogens is 6. The summed E-state index contributed by atoms with van der Waals surface area (Å²) in [5.41, 5.74) is 0.491. The highest BCUT2D eigenvalue weighted by atomic mass is 79.9. The summed E-state index contributed by atoms with van der Waals surface area (Å²) in [5, 5.41) is 15.2. The number of halogens is 2. The van der Waals surface area contributed by atoms with Gasteiger partial charge in [-0.15, -0.1) is 10.2 Å². The predicted octanol–water partition coefficient (Wildman–Crippen LogP) is 2.59. The second-order valence-corrected chi connectivity index (χ2v) is 8.56. The van der Waals surface area contributed by atoms with Gasteiger partial charge in [0.1, 0.15) is 11.2 Å². The number of thioether (sulfide) groups is 1. The topological polar surface area (TPSA) is 118 Å². The molecule has 0 saturated heterocycles. The van der Waals surface area contributed by atoms with E-state index in [1.807, 2.05) is 0 Å². The number of fused-ring (bicyclic) bond motifs is 1. The maximum absolute atomic E-state index is 13.2. The number of aromatic amines is 1. The molecule has 0 unspecified atom stereocenters. The van der Waals surface area contributed by atoms with Crippen LogP contribution in [0.2, 0.25) is 0 Å². The molecule has 0 aliphatic carbocycles. The molecule has 142 valence electrons. The summed E-state index contributed by atoms with van der Waals surface area (Å²) in [4.78, 5) is 31.3. The lowest BCUT2D eigenvalue weighted by Crippen LogP contribution is -2.15. The highest BCUT2D eigenvalue weighted by Gasteiger charge is 2.14. The van der Waals surface area contributed by atoms with Gasteiger partial charge in [-0.2, -0.15) is 5.10 Å². The van der Waals surface area contributed by atoms with Crippen molar-refractivity contribution in [2.45, 2.75) is 5.16 Å². The van der Waals surface area contributed by atoms with Crippen molar-refractivity contribution in [3.8, 4) is 5.69 Å². The van der Waals surface area contributed by atoms with Crippen molar-refractivity contribution in [1.82, 2.24) is 29.9 Å². The molecule has 3 aromatic heterocycles. The Morgan fingerprint density at radius 3 is 2.82 bits per heavy atom. The van der Waals surface area contributed by atoms with Crippen LogP contribution in [0, 0.1) is 5.82 Å². The summed E-state index contributed by atoms with van der Waals surface area (Å²) in [5.74, 6) is -0.685. The molecule has 3 heterocycles. The fraction of sp³-hybridized carbons (Fsp3) is 0.0667. The lowest BCUT2D eigenvalue weighted by atomic mass is 10.3. The van der Waals surface area contributed by atoms with Crippen LogP contribution in [0.3, 0.4) is 0 Å². The molecule has 1 amide bonds. The Morgan fingerprint density at radius 2 is 2.11 bits per heavy atom. The number of carbonyl (C=O) groups excluding carboxylic acids is 1. The molecule has 28 heavy (non-hydrogen) atoms. The van der Waals surface area contributed by atoms with Gasteiger partial charge in [0.15, 0.2) is 14.7 Å². The van der Waals surface area contributed by atoms with Gasteiger partial charge in [0.25, 0.3) is 5.56 Å². The van der Waals surface area contributed by atoms with Crippen molar-refractivity contribution in [2.24, 2.45) is 0 Å². The summed E-state index contributed by atoms with van der Waals surface area (Å²) in [6, 6.07) is 5.65. The van der Waals surface area contributed by atoms with E-state index in [2.05, 4.69) is 46.5 Å². The van der Waals surface area contributed by atoms with E-state index in [0.29, 0.717) is 20.4 Å². The summed E-state index contributed by atoms with van der Waals surface area (Å²) in [6.45, 7) is 0. The van der Waals surface area contributed by atoms with Crippen LogP contribution in [-0.2, 0) is 4.79 Å². The molecule has 0 aliphatic heterocycles. The van der Waals surface area contributed by atoms with Crippen LogP contribution in [0.5, 0.6) is 0 Å². The SMILES string of the molecule is O=C(CSc1nc2c(cnn2-c2ccc(F)cc2)c(=O)[nH]1)Nc1nnc(Br)s1. The zero-order valence-corrected chi connectivity index (χ0v) is 16.9. The first kappa shape index (κ1) is 18.7. The van der Waals surface area contributed by atoms with Crippen molar-refractivity contribution in [1.29, 1.82) is 0 Å². The quantitative estimate of drug-likeness (QED) is 0.332. The van der Waals surface area contributed by atoms with E-state index in [0.717, 1.165) is 11.8 Å². The summed E-state index contributed by atoms with van der Waals surface area (Å²) >= 11 is 5.41. The van der Waals surface area contributed by atoms with Crippen molar-refractivity contribution in [3.05, 3.63) is 50.6 Å². The van der Waals surface area contributed by atoms with Crippen LogP contribution in [0.25, 0.3) is 16.7 Å². The van der Waals surface area contributed by atoms with Crippen molar-refractivity contribution >= 4 is 61.1 Å². The van der Waals surface area contributed by atoms with Gasteiger partial charge in [0, 0.05) is 0 Å². The number of benzene rings is 1. The highest BCUT2D eigenvalue weighted by Crippen LogP contribution is 2.21. The van der Waals surface area contributed by atoms with Gasteiger partial charge in [-0.1, -0.05) is 23.1 Å². The first-order chi connectivity index (χ1) is 13.5. The van der Waals surface area contributed by atoms with Crippen LogP contribution in [0.1, 0.15) is 0 Å². The van der Waals surface area contributed by atoms with E-state index in [1.54, 1.807) is 0 Å². The minimum Gasteiger partial charge on any atom is -0.301 e. The van der Waals surface area contributed by atoms with Gasteiger partial charge in [0.2, 0.25) is 11.0 Å². The molecule has 4 aromatic rings. The number of nitrogens with zero attached hydrogens (tertiary/aromatic N) is 5. The minimum absolute atomic E-state index is 0.0102. The Labute approximate surface area is 172 Å². The predicted molar refractivity (Wildman–Crippen MR) is 106 cm³/mol. The number of carbonyl (C=O) groups is 1. The van der Waals surface area contributed by atoms with Crippen LogP contribution in [0.4, 0.5) is 9.52 Å².